The number of anilines is 1. The monoisotopic (exact) mass is 482 g/mol. The van der Waals surface area contributed by atoms with Crippen LogP contribution in [0.4, 0.5) is 10.1 Å². The Balaban J connectivity index is 1.69. The number of nitrogens with zero attached hydrogens (tertiary/aromatic N) is 2. The average molecular weight is 483 g/mol. The minimum atomic E-state index is -0.853. The first kappa shape index (κ1) is 24.2. The zero-order valence-electron chi connectivity index (χ0n) is 19.5. The van der Waals surface area contributed by atoms with Gasteiger partial charge >= 0.3 is 0 Å². The molecule has 6 nitrogen and oxygen atoms in total. The van der Waals surface area contributed by atoms with Gasteiger partial charge in [0.1, 0.15) is 5.82 Å². The number of halogens is 2. The van der Waals surface area contributed by atoms with Gasteiger partial charge in [0.15, 0.2) is 0 Å². The van der Waals surface area contributed by atoms with E-state index in [0.29, 0.717) is 13.1 Å². The Kier molecular flexibility index (Phi) is 6.66. The van der Waals surface area contributed by atoms with Crippen LogP contribution in [0.25, 0.3) is 0 Å². The normalized spacial score (nSPS) is 21.2. The molecule has 0 spiro atoms. The Morgan fingerprint density at radius 2 is 1.91 bits per heavy atom. The second-order valence-corrected chi connectivity index (χ2v) is 9.93. The summed E-state index contributed by atoms with van der Waals surface area (Å²) in [5.74, 6) is -1.20. The van der Waals surface area contributed by atoms with Crippen LogP contribution in [0.1, 0.15) is 54.1 Å². The molecule has 0 aromatic heterocycles. The van der Waals surface area contributed by atoms with Gasteiger partial charge in [0.05, 0.1) is 27.8 Å². The van der Waals surface area contributed by atoms with E-state index in [4.69, 9.17) is 16.9 Å². The van der Waals surface area contributed by atoms with Crippen molar-refractivity contribution in [3.8, 4) is 6.07 Å². The second kappa shape index (κ2) is 9.36. The molecule has 178 valence electrons. The summed E-state index contributed by atoms with van der Waals surface area (Å²) in [5, 5.41) is 14.3. The summed E-state index contributed by atoms with van der Waals surface area (Å²) in [7, 11) is 1.46. The van der Waals surface area contributed by atoms with Crippen LogP contribution in [0.15, 0.2) is 36.4 Å². The molecule has 0 bridgehead atoms. The van der Waals surface area contributed by atoms with Crippen molar-refractivity contribution < 1.29 is 14.0 Å². The summed E-state index contributed by atoms with van der Waals surface area (Å²) < 4.78 is 14.3. The number of carbonyl (C=O) groups excluding carboxylic acids is 2. The molecule has 0 unspecified atom stereocenters. The van der Waals surface area contributed by atoms with Crippen molar-refractivity contribution in [2.75, 3.05) is 25.5 Å². The van der Waals surface area contributed by atoms with Crippen molar-refractivity contribution >= 4 is 29.1 Å². The SMILES string of the molecule is CNC(=O)c1cc(Cl)c(F)cc1NC(=O)C1(c2ccccc2C(C)C)CN(C2CC(C#N)C2)C1. The van der Waals surface area contributed by atoms with Crippen LogP contribution in [0.3, 0.4) is 0 Å². The molecule has 0 radical (unpaired) electrons. The van der Waals surface area contributed by atoms with Crippen LogP contribution in [0.2, 0.25) is 5.02 Å². The summed E-state index contributed by atoms with van der Waals surface area (Å²) >= 11 is 5.91. The predicted octanol–water partition coefficient (Wildman–Crippen LogP) is 4.46. The summed E-state index contributed by atoms with van der Waals surface area (Å²) in [4.78, 5) is 28.5. The van der Waals surface area contributed by atoms with Crippen LogP contribution in [-0.2, 0) is 10.2 Å². The van der Waals surface area contributed by atoms with Gasteiger partial charge in [-0.15, -0.1) is 0 Å². The molecule has 34 heavy (non-hydrogen) atoms. The molecule has 2 aromatic rings. The molecule has 2 amide bonds. The molecule has 1 saturated heterocycles. The summed E-state index contributed by atoms with van der Waals surface area (Å²) in [6, 6.07) is 12.8. The predicted molar refractivity (Wildman–Crippen MR) is 129 cm³/mol. The van der Waals surface area contributed by atoms with Crippen LogP contribution in [-0.4, -0.2) is 42.9 Å². The number of likely N-dealkylation sites (tertiary alicyclic amines) is 1. The maximum atomic E-state index is 14.3. The van der Waals surface area contributed by atoms with Gasteiger partial charge in [0.25, 0.3) is 5.91 Å². The number of carbonyl (C=O) groups is 2. The molecular formula is C26H28ClFN4O2. The smallest absolute Gasteiger partial charge is 0.253 e. The number of benzene rings is 2. The maximum absolute atomic E-state index is 14.3. The quantitative estimate of drug-likeness (QED) is 0.636. The van der Waals surface area contributed by atoms with Gasteiger partial charge < -0.3 is 10.6 Å². The fourth-order valence-corrected chi connectivity index (χ4v) is 5.15. The molecule has 0 atom stereocenters. The Hall–Kier alpha value is -2.95. The van der Waals surface area contributed by atoms with Gasteiger partial charge in [-0.3, -0.25) is 14.5 Å². The van der Waals surface area contributed by atoms with E-state index >= 15 is 0 Å². The highest BCUT2D eigenvalue weighted by Gasteiger charge is 2.55. The molecule has 1 heterocycles. The Labute approximate surface area is 204 Å². The van der Waals surface area contributed by atoms with Gasteiger partial charge in [0.2, 0.25) is 5.91 Å². The zero-order valence-corrected chi connectivity index (χ0v) is 20.2. The fraction of sp³-hybridized carbons (Fsp3) is 0.423. The van der Waals surface area contributed by atoms with E-state index in [-0.39, 0.29) is 40.1 Å². The minimum Gasteiger partial charge on any atom is -0.355 e. The lowest BCUT2D eigenvalue weighted by Gasteiger charge is -2.55. The molecule has 2 fully saturated rings. The molecule has 2 N–H and O–H groups in total. The highest BCUT2D eigenvalue weighted by molar-refractivity contribution is 6.31. The summed E-state index contributed by atoms with van der Waals surface area (Å²) in [6.45, 7) is 5.17. The van der Waals surface area contributed by atoms with Crippen LogP contribution >= 0.6 is 11.6 Å². The van der Waals surface area contributed by atoms with Gasteiger partial charge in [-0.1, -0.05) is 49.7 Å². The molecule has 4 rings (SSSR count). The van der Waals surface area contributed by atoms with E-state index in [2.05, 4.69) is 35.5 Å². The van der Waals surface area contributed by atoms with Crippen LogP contribution < -0.4 is 10.6 Å². The molecule has 1 saturated carbocycles. The van der Waals surface area contributed by atoms with Gasteiger partial charge in [0, 0.05) is 32.1 Å². The third-order valence-corrected chi connectivity index (χ3v) is 7.36. The second-order valence-electron chi connectivity index (χ2n) is 9.53. The number of nitrogens with one attached hydrogen (secondary N) is 2. The first-order valence-electron chi connectivity index (χ1n) is 11.5. The number of hydrogen-bond donors (Lipinski definition) is 2. The van der Waals surface area contributed by atoms with Crippen molar-refractivity contribution in [3.63, 3.8) is 0 Å². The lowest BCUT2D eigenvalue weighted by Crippen LogP contribution is -2.69. The Morgan fingerprint density at radius 3 is 2.53 bits per heavy atom. The van der Waals surface area contributed by atoms with Gasteiger partial charge in [-0.05, 0) is 42.0 Å². The van der Waals surface area contributed by atoms with Gasteiger partial charge in [-0.2, -0.15) is 5.26 Å². The standard InChI is InChI=1S/C26H28ClFN4O2/c1-15(2)18-6-4-5-7-20(18)26(13-32(14-26)17-8-16(9-17)12-29)25(34)31-23-11-22(28)21(27)10-19(23)24(33)30-3/h4-7,10-11,15-17H,8-9,13-14H2,1-3H3,(H,30,33)(H,31,34). The Bertz CT molecular complexity index is 1160. The lowest BCUT2D eigenvalue weighted by atomic mass is 9.67. The van der Waals surface area contributed by atoms with Crippen molar-refractivity contribution in [2.45, 2.75) is 44.1 Å². The number of amides is 2. The maximum Gasteiger partial charge on any atom is 0.253 e. The minimum absolute atomic E-state index is 0.0731. The zero-order chi connectivity index (χ0) is 24.6. The van der Waals surface area contributed by atoms with E-state index in [1.54, 1.807) is 0 Å². The lowest BCUT2D eigenvalue weighted by molar-refractivity contribution is -0.131. The van der Waals surface area contributed by atoms with E-state index in [1.807, 2.05) is 24.3 Å². The van der Waals surface area contributed by atoms with Crippen molar-refractivity contribution in [2.24, 2.45) is 5.92 Å². The number of rotatable bonds is 6. The average Bonchev–Trinajstić information content (AvgIpc) is 2.76. The topological polar surface area (TPSA) is 85.2 Å². The summed E-state index contributed by atoms with van der Waals surface area (Å²) in [5.41, 5.74) is 1.34. The Morgan fingerprint density at radius 1 is 1.24 bits per heavy atom. The third kappa shape index (κ3) is 4.17. The molecular weight excluding hydrogens is 455 g/mol. The number of nitriles is 1. The van der Waals surface area contributed by atoms with Gasteiger partial charge in [-0.25, -0.2) is 4.39 Å². The summed E-state index contributed by atoms with van der Waals surface area (Å²) in [6.07, 6.45) is 1.62. The number of hydrogen-bond acceptors (Lipinski definition) is 4. The van der Waals surface area contributed by atoms with Crippen LogP contribution in [0.5, 0.6) is 0 Å². The van der Waals surface area contributed by atoms with Crippen molar-refractivity contribution in [1.29, 1.82) is 5.26 Å². The molecule has 1 aliphatic carbocycles. The highest BCUT2D eigenvalue weighted by Crippen LogP contribution is 2.45. The van der Waals surface area contributed by atoms with E-state index in [0.717, 1.165) is 30.0 Å². The molecule has 8 heteroatoms. The van der Waals surface area contributed by atoms with E-state index < -0.39 is 17.1 Å². The van der Waals surface area contributed by atoms with E-state index in [9.17, 15) is 14.0 Å². The first-order chi connectivity index (χ1) is 16.2. The van der Waals surface area contributed by atoms with Crippen molar-refractivity contribution in [1.82, 2.24) is 10.2 Å². The fourth-order valence-electron chi connectivity index (χ4n) is 4.98. The molecule has 2 aliphatic rings. The third-order valence-electron chi connectivity index (χ3n) is 7.07. The first-order valence-corrected chi connectivity index (χ1v) is 11.8. The van der Waals surface area contributed by atoms with E-state index in [1.165, 1.54) is 13.1 Å². The van der Waals surface area contributed by atoms with Crippen LogP contribution in [0, 0.1) is 23.1 Å². The highest BCUT2D eigenvalue weighted by atomic mass is 35.5. The molecule has 2 aromatic carbocycles. The molecule has 1 aliphatic heterocycles. The van der Waals surface area contributed by atoms with Crippen molar-refractivity contribution in [3.05, 3.63) is 63.9 Å². The largest absolute Gasteiger partial charge is 0.355 e.